The van der Waals surface area contributed by atoms with Crippen molar-refractivity contribution in [2.45, 2.75) is 334 Å². The van der Waals surface area contributed by atoms with Crippen LogP contribution in [0.2, 0.25) is 0 Å². The van der Waals surface area contributed by atoms with Crippen LogP contribution in [-0.2, 0) is 18.4 Å². The number of hydrogen-bond acceptors (Lipinski definition) is 5. The quantitative estimate of drug-likeness (QED) is 0.0243. The van der Waals surface area contributed by atoms with Crippen molar-refractivity contribution in [3.05, 3.63) is 72.9 Å². The fourth-order valence-corrected chi connectivity index (χ4v) is 10.8. The lowest BCUT2D eigenvalue weighted by atomic mass is 10.0. The lowest BCUT2D eigenvalue weighted by molar-refractivity contribution is -0.870. The van der Waals surface area contributed by atoms with Crippen LogP contribution in [0.4, 0.5) is 0 Å². The zero-order valence-electron chi connectivity index (χ0n) is 53.6. The van der Waals surface area contributed by atoms with Gasteiger partial charge in [-0.2, -0.15) is 0 Å². The molecule has 468 valence electrons. The highest BCUT2D eigenvalue weighted by Crippen LogP contribution is 2.43. The normalized spacial score (nSPS) is 14.1. The summed E-state index contributed by atoms with van der Waals surface area (Å²) in [6.07, 6.45) is 86.2. The van der Waals surface area contributed by atoms with E-state index in [4.69, 9.17) is 9.05 Å². The number of hydrogen-bond donors (Lipinski definition) is 3. The van der Waals surface area contributed by atoms with Crippen LogP contribution in [0, 0.1) is 0 Å². The number of carbonyl (C=O) groups is 1. The maximum atomic E-state index is 13.0. The smallest absolute Gasteiger partial charge is 0.387 e. The minimum Gasteiger partial charge on any atom is -0.387 e. The molecular formula is C71H134N2O6P+. The number of likely N-dealkylation sites (N-methyl/N-ethyl adjacent to an activating group) is 1. The van der Waals surface area contributed by atoms with Gasteiger partial charge in [0.25, 0.3) is 0 Å². The number of allylic oxidation sites excluding steroid dienone is 11. The molecule has 0 aliphatic heterocycles. The predicted molar refractivity (Wildman–Crippen MR) is 350 cm³/mol. The first-order valence-corrected chi connectivity index (χ1v) is 35.8. The summed E-state index contributed by atoms with van der Waals surface area (Å²) in [5, 5.41) is 14.0. The number of amides is 1. The summed E-state index contributed by atoms with van der Waals surface area (Å²) in [6, 6.07) is -0.872. The first-order valence-electron chi connectivity index (χ1n) is 34.3. The molecule has 3 N–H and O–H groups in total. The highest BCUT2D eigenvalue weighted by atomic mass is 31.2. The van der Waals surface area contributed by atoms with Crippen LogP contribution in [0.1, 0.15) is 322 Å². The van der Waals surface area contributed by atoms with Gasteiger partial charge in [0.05, 0.1) is 39.9 Å². The number of nitrogens with one attached hydrogen (secondary N) is 1. The average Bonchev–Trinajstić information content (AvgIpc) is 3.42. The van der Waals surface area contributed by atoms with Gasteiger partial charge in [0.15, 0.2) is 0 Å². The SMILES string of the molecule is CCCCCCC/C=C\C/C=C\C/C=C\CCCCCCCCCCCCCCCCCCCCCCCCC(=O)NC(COP(=O)(O)OCC[N+](C)(C)C)C(O)/C=C/CC/C=C/CC/C=C/CCCCCCCCCCCCC. The van der Waals surface area contributed by atoms with Crippen LogP contribution in [0.25, 0.3) is 0 Å². The third kappa shape index (κ3) is 63.5. The highest BCUT2D eigenvalue weighted by Gasteiger charge is 2.28. The monoisotopic (exact) mass is 1140 g/mol. The first-order chi connectivity index (χ1) is 39.0. The summed E-state index contributed by atoms with van der Waals surface area (Å²) in [7, 11) is 1.55. The van der Waals surface area contributed by atoms with Crippen LogP contribution >= 0.6 is 7.82 Å². The number of phosphoric ester groups is 1. The van der Waals surface area contributed by atoms with Crippen molar-refractivity contribution in [1.29, 1.82) is 0 Å². The van der Waals surface area contributed by atoms with E-state index < -0.39 is 20.0 Å². The minimum absolute atomic E-state index is 0.0531. The lowest BCUT2D eigenvalue weighted by Gasteiger charge is -2.25. The molecule has 0 spiro atoms. The molecule has 0 aromatic heterocycles. The van der Waals surface area contributed by atoms with E-state index in [0.29, 0.717) is 17.4 Å². The van der Waals surface area contributed by atoms with E-state index in [1.807, 2.05) is 27.2 Å². The Bertz CT molecular complexity index is 1530. The number of quaternary nitrogens is 1. The largest absolute Gasteiger partial charge is 0.472 e. The van der Waals surface area contributed by atoms with Crippen LogP contribution < -0.4 is 5.32 Å². The summed E-state index contributed by atoms with van der Waals surface area (Å²) < 4.78 is 23.8. The fourth-order valence-electron chi connectivity index (χ4n) is 10.0. The molecule has 80 heavy (non-hydrogen) atoms. The van der Waals surface area contributed by atoms with Crippen molar-refractivity contribution in [2.75, 3.05) is 40.9 Å². The maximum Gasteiger partial charge on any atom is 0.472 e. The van der Waals surface area contributed by atoms with Gasteiger partial charge >= 0.3 is 7.82 Å². The van der Waals surface area contributed by atoms with Gasteiger partial charge in [-0.15, -0.1) is 0 Å². The van der Waals surface area contributed by atoms with E-state index in [2.05, 4.69) is 79.9 Å². The van der Waals surface area contributed by atoms with Crippen molar-refractivity contribution in [1.82, 2.24) is 5.32 Å². The summed E-state index contributed by atoms with van der Waals surface area (Å²) in [5.74, 6) is -0.187. The molecule has 9 heteroatoms. The Kier molecular flexibility index (Phi) is 59.9. The Labute approximate surface area is 497 Å². The molecule has 0 aliphatic carbocycles. The number of phosphoric acid groups is 1. The van der Waals surface area contributed by atoms with Crippen LogP contribution in [-0.4, -0.2) is 73.4 Å². The van der Waals surface area contributed by atoms with Gasteiger partial charge in [-0.05, 0) is 83.5 Å². The molecule has 0 radical (unpaired) electrons. The van der Waals surface area contributed by atoms with Crippen LogP contribution in [0.3, 0.4) is 0 Å². The van der Waals surface area contributed by atoms with Crippen molar-refractivity contribution in [2.24, 2.45) is 0 Å². The van der Waals surface area contributed by atoms with Crippen LogP contribution in [0.5, 0.6) is 0 Å². The van der Waals surface area contributed by atoms with E-state index in [0.717, 1.165) is 57.8 Å². The molecule has 0 saturated carbocycles. The Hall–Kier alpha value is -2.06. The average molecular weight is 1140 g/mol. The molecule has 0 fully saturated rings. The van der Waals surface area contributed by atoms with Gasteiger partial charge in [0, 0.05) is 6.42 Å². The number of rotatable bonds is 63. The Balaban J connectivity index is 4.04. The van der Waals surface area contributed by atoms with Crippen molar-refractivity contribution >= 4 is 13.7 Å². The number of nitrogens with zero attached hydrogens (tertiary/aromatic N) is 1. The van der Waals surface area contributed by atoms with Crippen molar-refractivity contribution in [3.8, 4) is 0 Å². The number of aliphatic hydroxyl groups excluding tert-OH is 1. The third-order valence-electron chi connectivity index (χ3n) is 15.4. The third-order valence-corrected chi connectivity index (χ3v) is 16.4. The first kappa shape index (κ1) is 77.9. The minimum atomic E-state index is -4.36. The lowest BCUT2D eigenvalue weighted by Crippen LogP contribution is -2.45. The number of carbonyl (C=O) groups excluding carboxylic acids is 1. The molecule has 0 saturated heterocycles. The summed E-state index contributed by atoms with van der Waals surface area (Å²) in [5.41, 5.74) is 0. The maximum absolute atomic E-state index is 13.0. The Morgan fingerprint density at radius 1 is 0.425 bits per heavy atom. The molecule has 3 unspecified atom stereocenters. The summed E-state index contributed by atoms with van der Waals surface area (Å²) in [4.78, 5) is 23.4. The van der Waals surface area contributed by atoms with E-state index in [1.54, 1.807) is 6.08 Å². The summed E-state index contributed by atoms with van der Waals surface area (Å²) in [6.45, 7) is 4.80. The second-order valence-electron chi connectivity index (χ2n) is 24.5. The standard InChI is InChI=1S/C71H133N2O6P/c1-6-8-10-12-14-16-18-20-22-24-26-28-29-30-31-32-33-34-35-36-37-38-39-40-41-42-43-45-47-49-51-53-55-57-59-61-63-65-71(75)72-69(68-79-80(76,77)78-67-66-73(3,4)5)70(74)64-62-60-58-56-54-52-50-48-46-44-27-25-23-21-19-17-15-13-11-9-7-2/h18,20,24,26,29-30,46,48,54,56,62,64,69-70,74H,6-17,19,21-23,25,27-28,31-45,47,49-53,55,57-61,63,65-68H2,1-5H3,(H-,72,75,76,77)/p+1/b20-18-,26-24-,30-29-,48-46+,56-54+,64-62+. The number of unbranched alkanes of at least 4 members (excludes halogenated alkanes) is 40. The van der Waals surface area contributed by atoms with Gasteiger partial charge in [-0.25, -0.2) is 4.57 Å². The van der Waals surface area contributed by atoms with Crippen LogP contribution in [0.15, 0.2) is 72.9 Å². The second-order valence-corrected chi connectivity index (χ2v) is 26.0. The van der Waals surface area contributed by atoms with Gasteiger partial charge < -0.3 is 19.8 Å². The van der Waals surface area contributed by atoms with Gasteiger partial charge in [-0.3, -0.25) is 13.8 Å². The predicted octanol–water partition coefficient (Wildman–Crippen LogP) is 21.8. The van der Waals surface area contributed by atoms with Gasteiger partial charge in [0.2, 0.25) is 5.91 Å². The van der Waals surface area contributed by atoms with Crippen molar-refractivity contribution in [3.63, 3.8) is 0 Å². The molecule has 1 amide bonds. The molecule has 0 aromatic rings. The van der Waals surface area contributed by atoms with E-state index in [-0.39, 0.29) is 19.1 Å². The fraction of sp³-hybridized carbons (Fsp3) is 0.817. The molecule has 0 rings (SSSR count). The van der Waals surface area contributed by atoms with E-state index in [1.165, 1.54) is 244 Å². The molecule has 0 bridgehead atoms. The van der Waals surface area contributed by atoms with Gasteiger partial charge in [0.1, 0.15) is 13.2 Å². The Morgan fingerprint density at radius 2 is 0.725 bits per heavy atom. The van der Waals surface area contributed by atoms with Gasteiger partial charge in [-0.1, -0.05) is 305 Å². The molecular weight excluding hydrogens is 1010 g/mol. The highest BCUT2D eigenvalue weighted by molar-refractivity contribution is 7.47. The molecule has 8 nitrogen and oxygen atoms in total. The van der Waals surface area contributed by atoms with Crippen molar-refractivity contribution < 1.29 is 32.9 Å². The molecule has 3 atom stereocenters. The van der Waals surface area contributed by atoms with E-state index >= 15 is 0 Å². The summed E-state index contributed by atoms with van der Waals surface area (Å²) >= 11 is 0. The topological polar surface area (TPSA) is 105 Å². The molecule has 0 heterocycles. The molecule has 0 aliphatic rings. The van der Waals surface area contributed by atoms with E-state index in [9.17, 15) is 19.4 Å². The molecule has 0 aromatic carbocycles. The zero-order chi connectivity index (χ0) is 58.4. The second kappa shape index (κ2) is 61.5. The zero-order valence-corrected chi connectivity index (χ0v) is 54.5. The number of aliphatic hydroxyl groups is 1. The Morgan fingerprint density at radius 3 is 1.09 bits per heavy atom.